The monoisotopic (exact) mass is 328 g/mol. The molecule has 0 aliphatic heterocycles. The lowest BCUT2D eigenvalue weighted by molar-refractivity contribution is 0.0943. The van der Waals surface area contributed by atoms with Crippen LogP contribution in [0.1, 0.15) is 32.1 Å². The van der Waals surface area contributed by atoms with E-state index in [-0.39, 0.29) is 12.0 Å². The first-order valence-corrected chi connectivity index (χ1v) is 7.53. The van der Waals surface area contributed by atoms with Gasteiger partial charge in [-0.2, -0.15) is 0 Å². The van der Waals surface area contributed by atoms with Gasteiger partial charge in [0.1, 0.15) is 22.4 Å². The second kappa shape index (κ2) is 6.52. The number of nitrogens with zero attached hydrogens (tertiary/aromatic N) is 2. The fourth-order valence-electron chi connectivity index (χ4n) is 2.63. The quantitative estimate of drug-likeness (QED) is 0.775. The predicted molar refractivity (Wildman–Crippen MR) is 80.4 cm³/mol. The summed E-state index contributed by atoms with van der Waals surface area (Å²) < 4.78 is 0.835. The first-order valence-electron chi connectivity index (χ1n) is 6.74. The van der Waals surface area contributed by atoms with E-state index < -0.39 is 0 Å². The Hall–Kier alpha value is -0.880. The Morgan fingerprint density at radius 2 is 1.95 bits per heavy atom. The number of rotatable bonds is 5. The Labute approximate surface area is 122 Å². The summed E-state index contributed by atoms with van der Waals surface area (Å²) in [6.07, 6.45) is 7.38. The van der Waals surface area contributed by atoms with E-state index in [1.54, 1.807) is 0 Å². The van der Waals surface area contributed by atoms with Crippen molar-refractivity contribution in [2.24, 2.45) is 5.41 Å². The van der Waals surface area contributed by atoms with Crippen LogP contribution in [0, 0.1) is 5.41 Å². The average molecular weight is 329 g/mol. The number of hydrogen-bond donors (Lipinski definition) is 3. The molecule has 5 nitrogen and oxygen atoms in total. The summed E-state index contributed by atoms with van der Waals surface area (Å²) in [7, 11) is 1.83. The first kappa shape index (κ1) is 14.5. The van der Waals surface area contributed by atoms with E-state index in [2.05, 4.69) is 36.5 Å². The minimum absolute atomic E-state index is 0.00243. The number of aliphatic hydroxyl groups is 1. The van der Waals surface area contributed by atoms with Gasteiger partial charge < -0.3 is 15.7 Å². The van der Waals surface area contributed by atoms with Crippen LogP contribution in [0.25, 0.3) is 0 Å². The zero-order valence-corrected chi connectivity index (χ0v) is 12.8. The van der Waals surface area contributed by atoms with E-state index in [1.807, 2.05) is 7.05 Å². The van der Waals surface area contributed by atoms with E-state index in [0.29, 0.717) is 0 Å². The molecular weight excluding hydrogens is 308 g/mol. The molecule has 0 unspecified atom stereocenters. The predicted octanol–water partition coefficient (Wildman–Crippen LogP) is 2.64. The van der Waals surface area contributed by atoms with Gasteiger partial charge in [-0.1, -0.05) is 19.3 Å². The number of hydrogen-bond acceptors (Lipinski definition) is 5. The van der Waals surface area contributed by atoms with Crippen molar-refractivity contribution in [1.29, 1.82) is 0 Å². The molecule has 1 saturated carbocycles. The number of nitrogens with one attached hydrogen (secondary N) is 2. The molecule has 0 atom stereocenters. The largest absolute Gasteiger partial charge is 0.396 e. The highest BCUT2D eigenvalue weighted by Gasteiger charge is 2.31. The minimum Gasteiger partial charge on any atom is -0.396 e. The molecule has 0 aromatic carbocycles. The first-order chi connectivity index (χ1) is 9.21. The van der Waals surface area contributed by atoms with Gasteiger partial charge in [-0.15, -0.1) is 0 Å². The third-order valence-corrected chi connectivity index (χ3v) is 4.66. The molecule has 106 valence electrons. The maximum atomic E-state index is 9.69. The second-order valence-corrected chi connectivity index (χ2v) is 6.00. The fourth-order valence-corrected chi connectivity index (χ4v) is 3.17. The summed E-state index contributed by atoms with van der Waals surface area (Å²) >= 11 is 3.49. The Morgan fingerprint density at radius 1 is 1.26 bits per heavy atom. The van der Waals surface area contributed by atoms with Crippen LogP contribution in [0.15, 0.2) is 10.8 Å². The van der Waals surface area contributed by atoms with E-state index in [1.165, 1.54) is 25.6 Å². The van der Waals surface area contributed by atoms with Gasteiger partial charge in [-0.25, -0.2) is 9.97 Å². The van der Waals surface area contributed by atoms with E-state index in [4.69, 9.17) is 0 Å². The lowest BCUT2D eigenvalue weighted by Gasteiger charge is -2.35. The van der Waals surface area contributed by atoms with Crippen LogP contribution >= 0.6 is 15.9 Å². The van der Waals surface area contributed by atoms with Crippen LogP contribution in [-0.4, -0.2) is 35.3 Å². The molecule has 2 rings (SSSR count). The van der Waals surface area contributed by atoms with Crippen LogP contribution < -0.4 is 10.6 Å². The van der Waals surface area contributed by atoms with Crippen LogP contribution in [0.2, 0.25) is 0 Å². The Bertz CT molecular complexity index is 421. The zero-order chi connectivity index (χ0) is 13.7. The molecule has 1 aromatic rings. The third-order valence-electron chi connectivity index (χ3n) is 3.91. The second-order valence-electron chi connectivity index (χ2n) is 5.21. The fraction of sp³-hybridized carbons (Fsp3) is 0.692. The standard InChI is InChI=1S/C13H21BrN4O/c1-15-11-10(14)12(18-9-17-11)16-7-13(8-19)5-3-2-4-6-13/h9,19H,2-8H2,1H3,(H2,15,16,17,18). The van der Waals surface area contributed by atoms with Crippen LogP contribution in [-0.2, 0) is 0 Å². The Kier molecular flexibility index (Phi) is 4.99. The molecule has 0 bridgehead atoms. The van der Waals surface area contributed by atoms with Crippen molar-refractivity contribution in [1.82, 2.24) is 9.97 Å². The molecule has 1 fully saturated rings. The van der Waals surface area contributed by atoms with Crippen LogP contribution in [0.4, 0.5) is 11.6 Å². The number of anilines is 2. The van der Waals surface area contributed by atoms with Crippen molar-refractivity contribution in [3.05, 3.63) is 10.8 Å². The third kappa shape index (κ3) is 3.36. The van der Waals surface area contributed by atoms with E-state index >= 15 is 0 Å². The molecule has 19 heavy (non-hydrogen) atoms. The highest BCUT2D eigenvalue weighted by molar-refractivity contribution is 9.10. The number of aromatic nitrogens is 2. The summed E-state index contributed by atoms with van der Waals surface area (Å²) in [4.78, 5) is 8.38. The van der Waals surface area contributed by atoms with Crippen LogP contribution in [0.3, 0.4) is 0 Å². The molecule has 0 saturated heterocycles. The maximum Gasteiger partial charge on any atom is 0.145 e. The summed E-state index contributed by atoms with van der Waals surface area (Å²) in [5.74, 6) is 1.54. The molecule has 1 aliphatic rings. The highest BCUT2D eigenvalue weighted by Crippen LogP contribution is 2.36. The van der Waals surface area contributed by atoms with Crippen molar-refractivity contribution in [3.8, 4) is 0 Å². The summed E-state index contributed by atoms with van der Waals surface area (Å²) in [5, 5.41) is 16.1. The molecule has 0 radical (unpaired) electrons. The zero-order valence-electron chi connectivity index (χ0n) is 11.2. The summed E-state index contributed by atoms with van der Waals surface area (Å²) in [6, 6.07) is 0. The minimum atomic E-state index is 0.00243. The summed E-state index contributed by atoms with van der Waals surface area (Å²) in [5.41, 5.74) is 0.00243. The highest BCUT2D eigenvalue weighted by atomic mass is 79.9. The SMILES string of the molecule is CNc1ncnc(NCC2(CO)CCCCC2)c1Br. The Morgan fingerprint density at radius 3 is 2.58 bits per heavy atom. The molecule has 1 aliphatic carbocycles. The van der Waals surface area contributed by atoms with Gasteiger partial charge in [0.15, 0.2) is 0 Å². The van der Waals surface area contributed by atoms with E-state index in [0.717, 1.165) is 35.5 Å². The van der Waals surface area contributed by atoms with Crippen molar-refractivity contribution in [2.75, 3.05) is 30.8 Å². The normalized spacial score (nSPS) is 18.1. The molecule has 3 N–H and O–H groups in total. The molecule has 0 spiro atoms. The number of halogens is 1. The lowest BCUT2D eigenvalue weighted by Crippen LogP contribution is -2.35. The Balaban J connectivity index is 2.05. The molecule has 1 heterocycles. The number of aliphatic hydroxyl groups excluding tert-OH is 1. The van der Waals surface area contributed by atoms with Gasteiger partial charge in [0.25, 0.3) is 0 Å². The molecule has 1 aromatic heterocycles. The molecule has 0 amide bonds. The van der Waals surface area contributed by atoms with Crippen molar-refractivity contribution >= 4 is 27.6 Å². The topological polar surface area (TPSA) is 70.1 Å². The van der Waals surface area contributed by atoms with Crippen molar-refractivity contribution in [2.45, 2.75) is 32.1 Å². The van der Waals surface area contributed by atoms with Crippen molar-refractivity contribution < 1.29 is 5.11 Å². The van der Waals surface area contributed by atoms with Crippen molar-refractivity contribution in [3.63, 3.8) is 0 Å². The van der Waals surface area contributed by atoms with Gasteiger partial charge in [-0.3, -0.25) is 0 Å². The van der Waals surface area contributed by atoms with Crippen LogP contribution in [0.5, 0.6) is 0 Å². The smallest absolute Gasteiger partial charge is 0.145 e. The van der Waals surface area contributed by atoms with Gasteiger partial charge in [0, 0.05) is 19.0 Å². The lowest BCUT2D eigenvalue weighted by atomic mass is 9.74. The molecular formula is C13H21BrN4O. The van der Waals surface area contributed by atoms with Gasteiger partial charge in [0.2, 0.25) is 0 Å². The van der Waals surface area contributed by atoms with Gasteiger partial charge in [-0.05, 0) is 28.8 Å². The molecule has 6 heteroatoms. The van der Waals surface area contributed by atoms with Gasteiger partial charge in [0.05, 0.1) is 6.61 Å². The summed E-state index contributed by atoms with van der Waals surface area (Å²) in [6.45, 7) is 0.990. The van der Waals surface area contributed by atoms with E-state index in [9.17, 15) is 5.11 Å². The van der Waals surface area contributed by atoms with Gasteiger partial charge >= 0.3 is 0 Å². The maximum absolute atomic E-state index is 9.69. The average Bonchev–Trinajstić information content (AvgIpc) is 2.47.